The van der Waals surface area contributed by atoms with Crippen molar-refractivity contribution in [3.63, 3.8) is 0 Å². The molecule has 1 aliphatic rings. The normalized spacial score (nSPS) is 17.2. The summed E-state index contributed by atoms with van der Waals surface area (Å²) in [5.74, 6) is 0.891. The summed E-state index contributed by atoms with van der Waals surface area (Å²) in [6.45, 7) is 1.74. The van der Waals surface area contributed by atoms with Crippen LogP contribution in [-0.4, -0.2) is 17.6 Å². The van der Waals surface area contributed by atoms with Gasteiger partial charge in [-0.05, 0) is 42.8 Å². The van der Waals surface area contributed by atoms with Crippen molar-refractivity contribution in [3.05, 3.63) is 59.4 Å². The fraction of sp³-hybridized carbons (Fsp3) is 0.188. The number of para-hydroxylation sites is 1. The van der Waals surface area contributed by atoms with E-state index in [4.69, 9.17) is 4.74 Å². The molecular weight excluding hydrogens is 275 g/mol. The molecule has 0 amide bonds. The average Bonchev–Trinajstić information content (AvgIpc) is 2.46. The van der Waals surface area contributed by atoms with E-state index in [9.17, 15) is 9.18 Å². The summed E-state index contributed by atoms with van der Waals surface area (Å²) < 4.78 is 18.9. The van der Waals surface area contributed by atoms with Gasteiger partial charge in [0.15, 0.2) is 6.10 Å². The zero-order valence-electron chi connectivity index (χ0n) is 10.9. The van der Waals surface area contributed by atoms with Gasteiger partial charge in [-0.3, -0.25) is 4.79 Å². The summed E-state index contributed by atoms with van der Waals surface area (Å²) in [5, 5.41) is 0. The predicted octanol–water partition coefficient (Wildman–Crippen LogP) is 3.87. The number of carbonyl (C=O) groups excluding carboxylic acids is 1. The minimum Gasteiger partial charge on any atom is -0.480 e. The van der Waals surface area contributed by atoms with Gasteiger partial charge in [-0.15, -0.1) is 11.8 Å². The molecule has 0 spiro atoms. The zero-order chi connectivity index (χ0) is 14.1. The number of hydrogen-bond acceptors (Lipinski definition) is 3. The average molecular weight is 288 g/mol. The van der Waals surface area contributed by atoms with Gasteiger partial charge < -0.3 is 4.74 Å². The molecule has 1 atom stereocenters. The number of ether oxygens (including phenoxy) is 1. The van der Waals surface area contributed by atoms with Crippen LogP contribution < -0.4 is 4.74 Å². The molecule has 0 saturated heterocycles. The highest BCUT2D eigenvalue weighted by Gasteiger charge is 2.28. The topological polar surface area (TPSA) is 26.3 Å². The first-order valence-electron chi connectivity index (χ1n) is 6.34. The van der Waals surface area contributed by atoms with Crippen LogP contribution in [0.5, 0.6) is 5.75 Å². The molecule has 0 fully saturated rings. The van der Waals surface area contributed by atoms with Gasteiger partial charge in [0.05, 0.1) is 0 Å². The Morgan fingerprint density at radius 1 is 1.30 bits per heavy atom. The maximum absolute atomic E-state index is 13.1. The number of hydrogen-bond donors (Lipinski definition) is 0. The Balaban J connectivity index is 1.86. The summed E-state index contributed by atoms with van der Waals surface area (Å²) in [4.78, 5) is 13.5. The predicted molar refractivity (Wildman–Crippen MR) is 77.0 cm³/mol. The standard InChI is InChI=1S/C16H13FO2S/c1-10-8-11(17)6-7-12(10)16(18)14-9-20-15-5-3-2-4-13(15)19-14/h2-8,14H,9H2,1H3. The molecule has 2 aromatic carbocycles. The third-order valence-electron chi connectivity index (χ3n) is 3.25. The fourth-order valence-electron chi connectivity index (χ4n) is 2.23. The molecular formula is C16H13FO2S. The number of halogens is 1. The van der Waals surface area contributed by atoms with Crippen LogP contribution in [0.4, 0.5) is 4.39 Å². The second-order valence-corrected chi connectivity index (χ2v) is 5.75. The molecule has 3 rings (SSSR count). The van der Waals surface area contributed by atoms with Crippen LogP contribution in [0.3, 0.4) is 0 Å². The number of thioether (sulfide) groups is 1. The van der Waals surface area contributed by atoms with Gasteiger partial charge in [-0.2, -0.15) is 0 Å². The van der Waals surface area contributed by atoms with Gasteiger partial charge in [0.1, 0.15) is 11.6 Å². The number of carbonyl (C=O) groups is 1. The van der Waals surface area contributed by atoms with E-state index < -0.39 is 6.10 Å². The first-order chi connectivity index (χ1) is 9.65. The van der Waals surface area contributed by atoms with Gasteiger partial charge in [0.25, 0.3) is 0 Å². The van der Waals surface area contributed by atoms with Crippen LogP contribution in [-0.2, 0) is 0 Å². The number of rotatable bonds is 2. The van der Waals surface area contributed by atoms with Crippen molar-refractivity contribution in [3.8, 4) is 5.75 Å². The zero-order valence-corrected chi connectivity index (χ0v) is 11.7. The van der Waals surface area contributed by atoms with E-state index >= 15 is 0 Å². The molecule has 2 aromatic rings. The number of fused-ring (bicyclic) bond motifs is 1. The lowest BCUT2D eigenvalue weighted by molar-refractivity contribution is 0.0814. The summed E-state index contributed by atoms with van der Waals surface area (Å²) in [6, 6.07) is 11.9. The number of benzene rings is 2. The van der Waals surface area contributed by atoms with Crippen molar-refractivity contribution >= 4 is 17.5 Å². The van der Waals surface area contributed by atoms with Crippen LogP contribution in [0, 0.1) is 12.7 Å². The summed E-state index contributed by atoms with van der Waals surface area (Å²) in [6.07, 6.45) is -0.515. The van der Waals surface area contributed by atoms with Crippen molar-refractivity contribution in [2.45, 2.75) is 17.9 Å². The lowest BCUT2D eigenvalue weighted by Gasteiger charge is -2.24. The molecule has 0 bridgehead atoms. The van der Waals surface area contributed by atoms with Crippen molar-refractivity contribution < 1.29 is 13.9 Å². The molecule has 0 N–H and O–H groups in total. The van der Waals surface area contributed by atoms with Crippen molar-refractivity contribution in [1.29, 1.82) is 0 Å². The molecule has 0 saturated carbocycles. The smallest absolute Gasteiger partial charge is 0.204 e. The second kappa shape index (κ2) is 5.29. The highest BCUT2D eigenvalue weighted by atomic mass is 32.2. The maximum Gasteiger partial charge on any atom is 0.204 e. The Morgan fingerprint density at radius 3 is 2.90 bits per heavy atom. The van der Waals surface area contributed by atoms with Crippen LogP contribution in [0.1, 0.15) is 15.9 Å². The van der Waals surface area contributed by atoms with E-state index in [1.165, 1.54) is 18.2 Å². The summed E-state index contributed by atoms with van der Waals surface area (Å²) in [7, 11) is 0. The second-order valence-electron chi connectivity index (χ2n) is 4.69. The summed E-state index contributed by atoms with van der Waals surface area (Å²) in [5.41, 5.74) is 1.17. The highest BCUT2D eigenvalue weighted by molar-refractivity contribution is 7.99. The van der Waals surface area contributed by atoms with Gasteiger partial charge in [0, 0.05) is 16.2 Å². The maximum atomic E-state index is 13.1. The Labute approximate surface area is 121 Å². The molecule has 0 aliphatic carbocycles. The number of aryl methyl sites for hydroxylation is 1. The van der Waals surface area contributed by atoms with E-state index in [2.05, 4.69) is 0 Å². The van der Waals surface area contributed by atoms with Crippen LogP contribution in [0.25, 0.3) is 0 Å². The first kappa shape index (κ1) is 13.2. The largest absolute Gasteiger partial charge is 0.480 e. The lowest BCUT2D eigenvalue weighted by atomic mass is 10.0. The Hall–Kier alpha value is -1.81. The monoisotopic (exact) mass is 288 g/mol. The molecule has 0 radical (unpaired) electrons. The minimum absolute atomic E-state index is 0.0931. The quantitative estimate of drug-likeness (QED) is 0.785. The fourth-order valence-corrected chi connectivity index (χ4v) is 3.21. The van der Waals surface area contributed by atoms with E-state index in [0.717, 1.165) is 10.6 Å². The molecule has 20 heavy (non-hydrogen) atoms. The van der Waals surface area contributed by atoms with E-state index in [0.29, 0.717) is 16.9 Å². The first-order valence-corrected chi connectivity index (χ1v) is 7.32. The van der Waals surface area contributed by atoms with Crippen LogP contribution >= 0.6 is 11.8 Å². The molecule has 1 heterocycles. The lowest BCUT2D eigenvalue weighted by Crippen LogP contribution is -2.32. The SMILES string of the molecule is Cc1cc(F)ccc1C(=O)C1CSc2ccccc2O1. The van der Waals surface area contributed by atoms with Gasteiger partial charge >= 0.3 is 0 Å². The van der Waals surface area contributed by atoms with Crippen molar-refractivity contribution in [2.75, 3.05) is 5.75 Å². The van der Waals surface area contributed by atoms with Crippen molar-refractivity contribution in [2.24, 2.45) is 0 Å². The van der Waals surface area contributed by atoms with E-state index in [1.54, 1.807) is 18.7 Å². The molecule has 1 aliphatic heterocycles. The number of ketones is 1. The van der Waals surface area contributed by atoms with Gasteiger partial charge in [-0.25, -0.2) is 4.39 Å². The van der Waals surface area contributed by atoms with Crippen LogP contribution in [0.15, 0.2) is 47.4 Å². The third kappa shape index (κ3) is 2.43. The Bertz CT molecular complexity index is 669. The molecule has 2 nitrogen and oxygen atoms in total. The van der Waals surface area contributed by atoms with E-state index in [-0.39, 0.29) is 11.6 Å². The Morgan fingerprint density at radius 2 is 2.10 bits per heavy atom. The minimum atomic E-state index is -0.515. The molecule has 102 valence electrons. The number of Topliss-reactive ketones (excluding diaryl/α,β-unsaturated/α-hetero) is 1. The van der Waals surface area contributed by atoms with E-state index in [1.807, 2.05) is 24.3 Å². The van der Waals surface area contributed by atoms with Gasteiger partial charge in [0.2, 0.25) is 5.78 Å². The molecule has 1 unspecified atom stereocenters. The molecule has 4 heteroatoms. The highest BCUT2D eigenvalue weighted by Crippen LogP contribution is 2.35. The molecule has 0 aromatic heterocycles. The Kier molecular flexibility index (Phi) is 3.49. The third-order valence-corrected chi connectivity index (χ3v) is 4.37. The van der Waals surface area contributed by atoms with Gasteiger partial charge in [-0.1, -0.05) is 12.1 Å². The summed E-state index contributed by atoms with van der Waals surface area (Å²) >= 11 is 1.61. The van der Waals surface area contributed by atoms with Crippen molar-refractivity contribution in [1.82, 2.24) is 0 Å². The van der Waals surface area contributed by atoms with Crippen LogP contribution in [0.2, 0.25) is 0 Å².